The number of rotatable bonds is 4. The zero-order valence-corrected chi connectivity index (χ0v) is 11.1. The number of amides is 3. The fourth-order valence-corrected chi connectivity index (χ4v) is 1.37. The van der Waals surface area contributed by atoms with E-state index in [2.05, 4.69) is 5.32 Å². The van der Waals surface area contributed by atoms with E-state index in [1.807, 2.05) is 5.32 Å². The minimum Gasteiger partial charge on any atom is -0.452 e. The largest absolute Gasteiger partial charge is 0.452 e. The highest BCUT2D eigenvalue weighted by Crippen LogP contribution is 2.08. The molecule has 0 unspecified atom stereocenters. The van der Waals surface area contributed by atoms with Crippen LogP contribution in [0.3, 0.4) is 0 Å². The van der Waals surface area contributed by atoms with Crippen LogP contribution in [-0.2, 0) is 20.7 Å². The van der Waals surface area contributed by atoms with E-state index in [1.54, 1.807) is 6.07 Å². The van der Waals surface area contributed by atoms with Crippen LogP contribution in [0.4, 0.5) is 9.18 Å². The van der Waals surface area contributed by atoms with Crippen molar-refractivity contribution >= 4 is 17.9 Å². The van der Waals surface area contributed by atoms with Crippen molar-refractivity contribution in [1.82, 2.24) is 10.6 Å². The summed E-state index contributed by atoms with van der Waals surface area (Å²) in [5.41, 5.74) is 0.177. The summed E-state index contributed by atoms with van der Waals surface area (Å²) in [6.45, 7) is 1.32. The Morgan fingerprint density at radius 3 is 2.55 bits per heavy atom. The first-order chi connectivity index (χ1) is 9.43. The molecule has 108 valence electrons. The highest BCUT2D eigenvalue weighted by Gasteiger charge is 2.20. The average molecular weight is 282 g/mol. The van der Waals surface area contributed by atoms with Crippen LogP contribution in [0.5, 0.6) is 0 Å². The summed E-state index contributed by atoms with van der Waals surface area (Å²) in [6.07, 6.45) is -1.43. The van der Waals surface area contributed by atoms with E-state index in [4.69, 9.17) is 4.74 Å². The third kappa shape index (κ3) is 4.68. The molecule has 0 bridgehead atoms. The molecule has 0 aromatic heterocycles. The fraction of sp³-hybridized carbons (Fsp3) is 0.308. The van der Waals surface area contributed by atoms with Crippen LogP contribution in [0, 0.1) is 5.82 Å². The maximum atomic E-state index is 13.3. The van der Waals surface area contributed by atoms with Crippen LogP contribution >= 0.6 is 0 Å². The van der Waals surface area contributed by atoms with Gasteiger partial charge in [0.15, 0.2) is 6.10 Å². The van der Waals surface area contributed by atoms with Gasteiger partial charge >= 0.3 is 12.0 Å². The molecule has 1 rings (SSSR count). The number of carbonyl (C=O) groups is 3. The van der Waals surface area contributed by atoms with Crippen LogP contribution in [0.15, 0.2) is 24.3 Å². The summed E-state index contributed by atoms with van der Waals surface area (Å²) in [5.74, 6) is -2.03. The molecule has 0 aliphatic rings. The van der Waals surface area contributed by atoms with E-state index < -0.39 is 29.8 Å². The Morgan fingerprint density at radius 1 is 1.30 bits per heavy atom. The molecule has 0 fully saturated rings. The molecule has 0 aliphatic heterocycles. The van der Waals surface area contributed by atoms with E-state index in [-0.39, 0.29) is 12.0 Å². The van der Waals surface area contributed by atoms with Crippen LogP contribution in [-0.4, -0.2) is 31.1 Å². The molecule has 6 nitrogen and oxygen atoms in total. The number of urea groups is 1. The quantitative estimate of drug-likeness (QED) is 0.798. The molecule has 0 saturated heterocycles. The number of nitrogens with one attached hydrogen (secondary N) is 2. The van der Waals surface area contributed by atoms with Gasteiger partial charge in [0.1, 0.15) is 5.82 Å². The molecule has 2 N–H and O–H groups in total. The lowest BCUT2D eigenvalue weighted by Gasteiger charge is -2.12. The van der Waals surface area contributed by atoms with Gasteiger partial charge in [-0.25, -0.2) is 9.18 Å². The minimum absolute atomic E-state index is 0.177. The monoisotopic (exact) mass is 282 g/mol. The van der Waals surface area contributed by atoms with E-state index in [9.17, 15) is 18.8 Å². The number of halogens is 1. The molecular weight excluding hydrogens is 267 g/mol. The van der Waals surface area contributed by atoms with Crippen LogP contribution < -0.4 is 10.6 Å². The highest BCUT2D eigenvalue weighted by atomic mass is 19.1. The Morgan fingerprint density at radius 2 is 1.95 bits per heavy atom. The van der Waals surface area contributed by atoms with Crippen molar-refractivity contribution in [3.8, 4) is 0 Å². The number of esters is 1. The topological polar surface area (TPSA) is 84.5 Å². The maximum Gasteiger partial charge on any atom is 0.321 e. The molecule has 7 heteroatoms. The Kier molecular flexibility index (Phi) is 5.64. The van der Waals surface area contributed by atoms with Gasteiger partial charge in [-0.3, -0.25) is 14.9 Å². The predicted octanol–water partition coefficient (Wildman–Crippen LogP) is 0.755. The van der Waals surface area contributed by atoms with Gasteiger partial charge in [0.2, 0.25) is 0 Å². The summed E-state index contributed by atoms with van der Waals surface area (Å²) >= 11 is 0. The van der Waals surface area contributed by atoms with Crippen molar-refractivity contribution in [1.29, 1.82) is 0 Å². The Balaban J connectivity index is 2.52. The lowest BCUT2D eigenvalue weighted by molar-refractivity contribution is -0.153. The number of ether oxygens (including phenoxy) is 1. The Hall–Kier alpha value is -2.44. The molecule has 3 amide bonds. The number of imide groups is 1. The third-order valence-corrected chi connectivity index (χ3v) is 2.43. The second-order valence-electron chi connectivity index (χ2n) is 3.97. The SMILES string of the molecule is CNC(=O)NC(=O)[C@H](C)OC(=O)Cc1ccccc1F. The molecule has 0 aliphatic carbocycles. The first-order valence-corrected chi connectivity index (χ1v) is 5.89. The van der Waals surface area contributed by atoms with Crippen LogP contribution in [0.25, 0.3) is 0 Å². The van der Waals surface area contributed by atoms with Gasteiger partial charge < -0.3 is 10.1 Å². The summed E-state index contributed by atoms with van der Waals surface area (Å²) in [4.78, 5) is 33.9. The molecule has 1 atom stereocenters. The minimum atomic E-state index is -1.15. The zero-order chi connectivity index (χ0) is 15.1. The van der Waals surface area contributed by atoms with Crippen LogP contribution in [0.1, 0.15) is 12.5 Å². The van der Waals surface area contributed by atoms with Crippen molar-refractivity contribution < 1.29 is 23.5 Å². The molecule has 20 heavy (non-hydrogen) atoms. The third-order valence-electron chi connectivity index (χ3n) is 2.43. The smallest absolute Gasteiger partial charge is 0.321 e. The van der Waals surface area contributed by atoms with E-state index >= 15 is 0 Å². The summed E-state index contributed by atoms with van der Waals surface area (Å²) in [7, 11) is 1.34. The second kappa shape index (κ2) is 7.22. The first-order valence-electron chi connectivity index (χ1n) is 5.89. The Labute approximate surface area is 115 Å². The zero-order valence-electron chi connectivity index (χ0n) is 11.1. The number of hydrogen-bond donors (Lipinski definition) is 2. The van der Waals surface area contributed by atoms with Crippen molar-refractivity contribution in [3.05, 3.63) is 35.6 Å². The summed E-state index contributed by atoms with van der Waals surface area (Å²) in [6, 6.07) is 5.07. The van der Waals surface area contributed by atoms with Gasteiger partial charge in [-0.15, -0.1) is 0 Å². The molecular formula is C13H15FN2O4. The maximum absolute atomic E-state index is 13.3. The standard InChI is InChI=1S/C13H15FN2O4/c1-8(12(18)16-13(19)15-2)20-11(17)7-9-5-3-4-6-10(9)14/h3-6,8H,7H2,1-2H3,(H2,15,16,18,19)/t8-/m0/s1. The van der Waals surface area contributed by atoms with Gasteiger partial charge in [0.25, 0.3) is 5.91 Å². The average Bonchev–Trinajstić information content (AvgIpc) is 2.41. The van der Waals surface area contributed by atoms with Gasteiger partial charge in [0, 0.05) is 7.05 Å². The van der Waals surface area contributed by atoms with E-state index in [0.29, 0.717) is 0 Å². The molecule has 0 saturated carbocycles. The van der Waals surface area contributed by atoms with E-state index in [1.165, 1.54) is 32.2 Å². The number of carbonyl (C=O) groups excluding carboxylic acids is 3. The van der Waals surface area contributed by atoms with Gasteiger partial charge in [-0.2, -0.15) is 0 Å². The summed E-state index contributed by atoms with van der Waals surface area (Å²) < 4.78 is 18.1. The number of benzene rings is 1. The van der Waals surface area contributed by atoms with Gasteiger partial charge in [0.05, 0.1) is 6.42 Å². The van der Waals surface area contributed by atoms with Crippen molar-refractivity contribution in [2.75, 3.05) is 7.05 Å². The van der Waals surface area contributed by atoms with Gasteiger partial charge in [-0.05, 0) is 18.6 Å². The fourth-order valence-electron chi connectivity index (χ4n) is 1.37. The van der Waals surface area contributed by atoms with Crippen molar-refractivity contribution in [2.24, 2.45) is 0 Å². The molecule has 1 aromatic carbocycles. The predicted molar refractivity (Wildman–Crippen MR) is 68.3 cm³/mol. The van der Waals surface area contributed by atoms with Crippen molar-refractivity contribution in [2.45, 2.75) is 19.4 Å². The highest BCUT2D eigenvalue weighted by molar-refractivity contribution is 5.97. The normalized spacial score (nSPS) is 11.3. The van der Waals surface area contributed by atoms with E-state index in [0.717, 1.165) is 0 Å². The molecule has 0 heterocycles. The summed E-state index contributed by atoms with van der Waals surface area (Å²) in [5, 5.41) is 4.16. The first kappa shape index (κ1) is 15.6. The molecule has 0 radical (unpaired) electrons. The van der Waals surface area contributed by atoms with Crippen LogP contribution in [0.2, 0.25) is 0 Å². The Bertz CT molecular complexity index is 519. The molecule has 0 spiro atoms. The number of hydrogen-bond acceptors (Lipinski definition) is 4. The van der Waals surface area contributed by atoms with Crippen molar-refractivity contribution in [3.63, 3.8) is 0 Å². The molecule has 1 aromatic rings. The second-order valence-corrected chi connectivity index (χ2v) is 3.97. The van der Waals surface area contributed by atoms with Gasteiger partial charge in [-0.1, -0.05) is 18.2 Å². The lowest BCUT2D eigenvalue weighted by Crippen LogP contribution is -2.43. The lowest BCUT2D eigenvalue weighted by atomic mass is 10.1.